The smallest absolute Gasteiger partial charge is 0.416 e. The zero-order valence-electron chi connectivity index (χ0n) is 60.1. The summed E-state index contributed by atoms with van der Waals surface area (Å²) >= 11 is 1.34. The van der Waals surface area contributed by atoms with Gasteiger partial charge in [0.25, 0.3) is 5.89 Å². The third kappa shape index (κ3) is 18.1. The maximum atomic E-state index is 13.7. The Hall–Kier alpha value is -15.4. The minimum absolute atomic E-state index is 0.0107. The average molecular weight is 1680 g/mol. The number of benzene rings is 10. The maximum absolute atomic E-state index is 13.7. The first-order valence-corrected chi connectivity index (χ1v) is 34.7. The highest BCUT2D eigenvalue weighted by Crippen LogP contribution is 2.34. The molecule has 8 aromatic heterocycles. The van der Waals surface area contributed by atoms with Crippen LogP contribution in [0.1, 0.15) is 5.56 Å². The van der Waals surface area contributed by atoms with Crippen LogP contribution < -0.4 is 43.2 Å². The number of nitrogens with zero attached hydrogens (tertiary/aromatic N) is 6. The molecular formula is C83H41F15N6O15S. The van der Waals surface area contributed by atoms with Crippen LogP contribution in [0.4, 0.5) is 65.9 Å². The topological polar surface area (TPSA) is 290 Å². The molecule has 0 bridgehead atoms. The van der Waals surface area contributed by atoms with Gasteiger partial charge < -0.3 is 40.4 Å². The van der Waals surface area contributed by atoms with E-state index < -0.39 is 138 Å². The van der Waals surface area contributed by atoms with Gasteiger partial charge in [0.2, 0.25) is 29.5 Å². The van der Waals surface area contributed by atoms with E-state index in [0.717, 1.165) is 66.7 Å². The SMILES string of the molecule is COc1ccc2nc(-c3c(F)cccc3F)oc(=O)c2c1.COc1ccc2nc(-c3ccccc3F)oc(=O)c2c1.O=c1oc(-c2c(F)cccc2F)nc2cc(C(F)(F)F)ccc12.O=c1oc(-c2ccccc2F)nc2cc(F)c(F)cc12.O=c1oc(-c2ccco2)nc2cc(F)c(F)cc12.O=c1oc(-c2cccs2)nc2cc(F)c(F)cc12. The molecule has 604 valence electrons. The van der Waals surface area contributed by atoms with E-state index in [2.05, 4.69) is 29.9 Å². The normalized spacial score (nSPS) is 11.1. The van der Waals surface area contributed by atoms with Crippen LogP contribution in [0.3, 0.4) is 0 Å². The molecule has 18 aromatic rings. The van der Waals surface area contributed by atoms with Crippen molar-refractivity contribution in [2.75, 3.05) is 14.2 Å². The maximum Gasteiger partial charge on any atom is 0.416 e. The number of rotatable bonds is 8. The highest BCUT2D eigenvalue weighted by molar-refractivity contribution is 7.13. The first-order valence-electron chi connectivity index (χ1n) is 33.8. The van der Waals surface area contributed by atoms with Crippen LogP contribution in [0.5, 0.6) is 11.5 Å². The van der Waals surface area contributed by atoms with Gasteiger partial charge in [-0.05, 0) is 145 Å². The van der Waals surface area contributed by atoms with E-state index in [0.29, 0.717) is 45.5 Å². The molecule has 120 heavy (non-hydrogen) atoms. The Labute approximate surface area is 660 Å². The summed E-state index contributed by atoms with van der Waals surface area (Å²) in [6, 6.07) is 40.8. The number of furan rings is 1. The van der Waals surface area contributed by atoms with Gasteiger partial charge in [-0.15, -0.1) is 11.3 Å². The number of methoxy groups -OCH3 is 2. The fraction of sp³-hybridized carbons (Fsp3) is 0.0361. The first kappa shape index (κ1) is 82.5. The highest BCUT2D eigenvalue weighted by atomic mass is 32.1. The third-order valence-corrected chi connectivity index (χ3v) is 17.5. The zero-order chi connectivity index (χ0) is 85.5. The van der Waals surface area contributed by atoms with Crippen LogP contribution in [0, 0.1) is 69.8 Å². The van der Waals surface area contributed by atoms with Crippen LogP contribution in [0.15, 0.2) is 272 Å². The minimum Gasteiger partial charge on any atom is -0.497 e. The van der Waals surface area contributed by atoms with Gasteiger partial charge in [0.05, 0.1) is 107 Å². The molecule has 0 fully saturated rings. The fourth-order valence-corrected chi connectivity index (χ4v) is 11.6. The van der Waals surface area contributed by atoms with Crippen molar-refractivity contribution >= 4 is 76.8 Å². The predicted molar refractivity (Wildman–Crippen MR) is 402 cm³/mol. The minimum atomic E-state index is -4.64. The summed E-state index contributed by atoms with van der Waals surface area (Å²) in [5.41, 5.74) is -6.58. The van der Waals surface area contributed by atoms with Crippen molar-refractivity contribution in [3.63, 3.8) is 0 Å². The molecule has 0 N–H and O–H groups in total. The number of hydrogen-bond donors (Lipinski definition) is 0. The standard InChI is InChI=1S/C15H6F5NO2.C15H9F2NO3.C15H10FNO3.C14H6F3NO2.C12H5F2NO3.C12H5F2NO2S/c16-9-2-1-3-10(17)12(9)13-21-11-6-7(15(18,19)20)4-5-8(11)14(22)23-13;1-20-8-5-6-12-9(7-8)15(19)21-14(18-12)13-10(16)3-2-4-11(13)17;1-19-9-6-7-13-11(8-9)15(18)20-14(17-13)10-4-2-3-5-12(10)16;15-9-4-2-1-3-7(9)13-18-12-6-11(17)10(16)5-8(12)14(19)20-13;13-7-4-6-9(5-8(7)14)15-11(18-12(6)16)10-2-1-3-17-10;13-7-4-6-9(5-8(7)14)15-11(17-12(6)16)10-2-1-3-18-10/h1-6H;2-7H,1H3;2-8H,1H3;1-6H;2*1-5H. The number of aromatic nitrogens is 6. The van der Waals surface area contributed by atoms with Gasteiger partial charge in [-0.2, -0.15) is 13.2 Å². The van der Waals surface area contributed by atoms with Crippen molar-refractivity contribution in [2.24, 2.45) is 0 Å². The lowest BCUT2D eigenvalue weighted by Gasteiger charge is -2.08. The number of halogens is 15. The van der Waals surface area contributed by atoms with Crippen LogP contribution in [-0.2, 0) is 6.18 Å². The van der Waals surface area contributed by atoms with Crippen molar-refractivity contribution in [3.8, 4) is 79.7 Å². The highest BCUT2D eigenvalue weighted by Gasteiger charge is 2.32. The Bertz CT molecular complexity index is 7200. The molecule has 0 aliphatic rings. The van der Waals surface area contributed by atoms with E-state index in [4.69, 9.17) is 40.4 Å². The fourth-order valence-electron chi connectivity index (χ4n) is 10.9. The average Bonchev–Trinajstić information content (AvgIpc) is 1.23. The molecule has 18 rings (SSSR count). The predicted octanol–water partition coefficient (Wildman–Crippen LogP) is 19.5. The Balaban J connectivity index is 0.000000125. The molecule has 0 saturated heterocycles. The van der Waals surface area contributed by atoms with Gasteiger partial charge in [-0.25, -0.2) is 111 Å². The van der Waals surface area contributed by atoms with Crippen LogP contribution in [0.2, 0.25) is 0 Å². The quantitative estimate of drug-likeness (QED) is 0.128. The number of fused-ring (bicyclic) bond motifs is 6. The summed E-state index contributed by atoms with van der Waals surface area (Å²) < 4.78 is 243. The molecule has 10 aromatic carbocycles. The van der Waals surface area contributed by atoms with Crippen LogP contribution in [-0.4, -0.2) is 44.1 Å². The van der Waals surface area contributed by atoms with Gasteiger partial charge in [0.1, 0.15) is 57.5 Å². The number of hydrogen-bond acceptors (Lipinski definition) is 22. The Morgan fingerprint density at radius 1 is 0.300 bits per heavy atom. The van der Waals surface area contributed by atoms with Gasteiger partial charge in [-0.3, -0.25) is 0 Å². The van der Waals surface area contributed by atoms with Crippen LogP contribution >= 0.6 is 11.3 Å². The van der Waals surface area contributed by atoms with E-state index in [9.17, 15) is 94.6 Å². The lowest BCUT2D eigenvalue weighted by Crippen LogP contribution is -2.08. The van der Waals surface area contributed by atoms with Gasteiger partial charge >= 0.3 is 39.9 Å². The Morgan fingerprint density at radius 2 is 0.650 bits per heavy atom. The van der Waals surface area contributed by atoms with Gasteiger partial charge in [0, 0.05) is 18.2 Å². The monoisotopic (exact) mass is 1680 g/mol. The summed E-state index contributed by atoms with van der Waals surface area (Å²) in [4.78, 5) is 95.0. The molecular weight excluding hydrogens is 1640 g/mol. The van der Waals surface area contributed by atoms with Crippen molar-refractivity contribution in [3.05, 3.63) is 350 Å². The third-order valence-electron chi connectivity index (χ3n) is 16.7. The molecule has 8 heterocycles. The second kappa shape index (κ2) is 34.9. The van der Waals surface area contributed by atoms with Gasteiger partial charge in [0.15, 0.2) is 40.7 Å². The van der Waals surface area contributed by atoms with E-state index in [1.54, 1.807) is 60.0 Å². The molecule has 0 unspecified atom stereocenters. The lowest BCUT2D eigenvalue weighted by molar-refractivity contribution is -0.137. The van der Waals surface area contributed by atoms with E-state index in [1.807, 2.05) is 0 Å². The van der Waals surface area contributed by atoms with Gasteiger partial charge in [-0.1, -0.05) is 42.5 Å². The summed E-state index contributed by atoms with van der Waals surface area (Å²) in [6.45, 7) is 0. The van der Waals surface area contributed by atoms with Crippen LogP contribution in [0.25, 0.3) is 134 Å². The van der Waals surface area contributed by atoms with Crippen molar-refractivity contribution in [2.45, 2.75) is 6.18 Å². The van der Waals surface area contributed by atoms with E-state index >= 15 is 0 Å². The molecule has 0 aliphatic heterocycles. The van der Waals surface area contributed by atoms with E-state index in [1.165, 1.54) is 92.5 Å². The lowest BCUT2D eigenvalue weighted by atomic mass is 10.1. The summed E-state index contributed by atoms with van der Waals surface area (Å²) in [6.07, 6.45) is -3.26. The van der Waals surface area contributed by atoms with Crippen molar-refractivity contribution in [1.82, 2.24) is 29.9 Å². The molecule has 0 aliphatic carbocycles. The largest absolute Gasteiger partial charge is 0.497 e. The Morgan fingerprint density at radius 3 is 1.06 bits per heavy atom. The molecule has 0 atom stereocenters. The molecule has 0 radical (unpaired) electrons. The molecule has 21 nitrogen and oxygen atoms in total. The zero-order valence-corrected chi connectivity index (χ0v) is 60.9. The summed E-state index contributed by atoms with van der Waals surface area (Å²) in [5, 5.41) is 1.65. The number of alkyl halides is 3. The van der Waals surface area contributed by atoms with Crippen molar-refractivity contribution < 1.29 is 106 Å². The second-order valence-corrected chi connectivity index (χ2v) is 25.2. The summed E-state index contributed by atoms with van der Waals surface area (Å²) in [5.74, 6) is -11.8. The second-order valence-electron chi connectivity index (χ2n) is 24.3. The molecule has 37 heteroatoms. The first-order chi connectivity index (χ1) is 57.4. The number of ether oxygens (including phenoxy) is 2. The number of thiophene rings is 1. The summed E-state index contributed by atoms with van der Waals surface area (Å²) in [7, 11) is 2.96. The van der Waals surface area contributed by atoms with Crippen molar-refractivity contribution in [1.29, 1.82) is 0 Å². The molecule has 0 saturated carbocycles. The Kier molecular flexibility index (Phi) is 24.0. The van der Waals surface area contributed by atoms with E-state index in [-0.39, 0.29) is 95.0 Å². The molecule has 0 spiro atoms. The molecule has 0 amide bonds.